The zero-order chi connectivity index (χ0) is 17.0. The molecule has 0 aliphatic carbocycles. The molecule has 0 atom stereocenters. The van der Waals surface area contributed by atoms with Crippen LogP contribution in [0.5, 0.6) is 0 Å². The lowest BCUT2D eigenvalue weighted by molar-refractivity contribution is 0.0635. The fraction of sp³-hybridized carbons (Fsp3) is 0.235. The first-order chi connectivity index (χ1) is 10.8. The second-order valence-corrected chi connectivity index (χ2v) is 5.86. The first-order valence-electron chi connectivity index (χ1n) is 7.01. The summed E-state index contributed by atoms with van der Waals surface area (Å²) in [7, 11) is 0. The topological polar surface area (TPSA) is 68.3 Å². The van der Waals surface area contributed by atoms with Gasteiger partial charge in [-0.1, -0.05) is 0 Å². The Morgan fingerprint density at radius 1 is 1.13 bits per heavy atom. The summed E-state index contributed by atoms with van der Waals surface area (Å²) >= 11 is 0. The van der Waals surface area contributed by atoms with Crippen LogP contribution in [-0.2, 0) is 4.74 Å². The van der Waals surface area contributed by atoms with Gasteiger partial charge in [0.2, 0.25) is 0 Å². The van der Waals surface area contributed by atoms with Crippen LogP contribution in [0.2, 0.25) is 0 Å². The summed E-state index contributed by atoms with van der Waals surface area (Å²) in [6.07, 6.45) is 0.748. The summed E-state index contributed by atoms with van der Waals surface area (Å²) in [4.78, 5) is 28.3. The highest BCUT2D eigenvalue weighted by Gasteiger charge is 2.20. The van der Waals surface area contributed by atoms with Crippen LogP contribution in [-0.4, -0.2) is 22.5 Å². The molecule has 2 aromatic rings. The van der Waals surface area contributed by atoms with Crippen molar-refractivity contribution in [2.24, 2.45) is 0 Å². The van der Waals surface area contributed by atoms with Crippen LogP contribution in [0.3, 0.4) is 0 Å². The Hall–Kier alpha value is -2.76. The number of benzene rings is 1. The first kappa shape index (κ1) is 16.6. The summed E-state index contributed by atoms with van der Waals surface area (Å²) in [5.41, 5.74) is -0.170. The van der Waals surface area contributed by atoms with Gasteiger partial charge in [-0.25, -0.2) is 14.2 Å². The van der Waals surface area contributed by atoms with E-state index in [9.17, 15) is 14.0 Å². The van der Waals surface area contributed by atoms with E-state index >= 15 is 0 Å². The summed E-state index contributed by atoms with van der Waals surface area (Å²) in [5, 5.41) is 2.46. The van der Waals surface area contributed by atoms with Crippen molar-refractivity contribution in [1.29, 1.82) is 0 Å². The number of carbonyl (C=O) groups is 2. The number of hydrogen-bond donors (Lipinski definition) is 1. The molecule has 0 aliphatic heterocycles. The Morgan fingerprint density at radius 3 is 2.39 bits per heavy atom. The van der Waals surface area contributed by atoms with Crippen molar-refractivity contribution in [1.82, 2.24) is 4.98 Å². The van der Waals surface area contributed by atoms with Crippen LogP contribution in [0, 0.1) is 5.82 Å². The molecule has 0 radical (unpaired) electrons. The molecule has 0 spiro atoms. The van der Waals surface area contributed by atoms with E-state index in [0.29, 0.717) is 5.56 Å². The van der Waals surface area contributed by atoms with Gasteiger partial charge in [-0.05, 0) is 57.2 Å². The van der Waals surface area contributed by atoms with Crippen molar-refractivity contribution in [3.05, 3.63) is 59.5 Å². The third-order valence-corrected chi connectivity index (χ3v) is 2.78. The van der Waals surface area contributed by atoms with E-state index in [1.807, 2.05) is 0 Å². The van der Waals surface area contributed by atoms with Gasteiger partial charge in [0.1, 0.15) is 17.2 Å². The van der Waals surface area contributed by atoms with Gasteiger partial charge in [-0.15, -0.1) is 0 Å². The molecular formula is C17H17FN2O3. The lowest BCUT2D eigenvalue weighted by Gasteiger charge is -2.20. The summed E-state index contributed by atoms with van der Waals surface area (Å²) in [6, 6.07) is 8.27. The average Bonchev–Trinajstić information content (AvgIpc) is 2.46. The summed E-state index contributed by atoms with van der Waals surface area (Å²) in [6.45, 7) is 5.20. The number of hydrogen-bond acceptors (Lipinski definition) is 4. The van der Waals surface area contributed by atoms with Gasteiger partial charge in [0.05, 0.1) is 5.56 Å². The van der Waals surface area contributed by atoms with Gasteiger partial charge >= 0.3 is 6.09 Å². The lowest BCUT2D eigenvalue weighted by Crippen LogP contribution is -2.28. The maximum atomic E-state index is 13.0. The maximum absolute atomic E-state index is 13.0. The quantitative estimate of drug-likeness (QED) is 0.875. The van der Waals surface area contributed by atoms with Gasteiger partial charge in [-0.2, -0.15) is 0 Å². The summed E-state index contributed by atoms with van der Waals surface area (Å²) < 4.78 is 18.1. The molecule has 5 nitrogen and oxygen atoms in total. The Bertz CT molecular complexity index is 721. The zero-order valence-electron chi connectivity index (χ0n) is 13.1. The van der Waals surface area contributed by atoms with Crippen LogP contribution in [0.25, 0.3) is 0 Å². The number of aromatic nitrogens is 1. The van der Waals surface area contributed by atoms with Gasteiger partial charge < -0.3 is 4.74 Å². The predicted octanol–water partition coefficient (Wildman–Crippen LogP) is 3.80. The van der Waals surface area contributed by atoms with E-state index in [1.54, 1.807) is 26.8 Å². The van der Waals surface area contributed by atoms with Crippen LogP contribution in [0.4, 0.5) is 15.0 Å². The number of ether oxygens (including phenoxy) is 1. The van der Waals surface area contributed by atoms with Crippen molar-refractivity contribution in [2.45, 2.75) is 26.4 Å². The second-order valence-electron chi connectivity index (χ2n) is 5.86. The number of ketones is 1. The number of nitrogens with one attached hydrogen (secondary N) is 1. The molecule has 1 N–H and O–H groups in total. The van der Waals surface area contributed by atoms with Gasteiger partial charge in [-0.3, -0.25) is 10.1 Å². The molecule has 0 saturated carbocycles. The normalized spacial score (nSPS) is 11.0. The van der Waals surface area contributed by atoms with Crippen LogP contribution < -0.4 is 5.32 Å². The number of carbonyl (C=O) groups excluding carboxylic acids is 2. The minimum Gasteiger partial charge on any atom is -0.444 e. The Morgan fingerprint density at radius 2 is 1.78 bits per heavy atom. The molecule has 0 aliphatic rings. The standard InChI is InChI=1S/C17H17FN2O3/c1-17(2,3)23-16(22)20-15-13(5-4-10-19-15)14(21)11-6-8-12(18)9-7-11/h4-10H,1-3H3,(H,19,20,22). The molecule has 2 rings (SSSR count). The molecule has 0 fully saturated rings. The minimum absolute atomic E-state index is 0.0936. The molecule has 0 bridgehead atoms. The smallest absolute Gasteiger partial charge is 0.413 e. The van der Waals surface area contributed by atoms with Gasteiger partial charge in [0, 0.05) is 11.8 Å². The number of pyridine rings is 1. The molecule has 0 saturated heterocycles. The largest absolute Gasteiger partial charge is 0.444 e. The molecule has 1 aromatic carbocycles. The number of anilines is 1. The van der Waals surface area contributed by atoms with E-state index in [0.717, 1.165) is 0 Å². The minimum atomic E-state index is -0.704. The second kappa shape index (κ2) is 6.56. The third-order valence-electron chi connectivity index (χ3n) is 2.78. The Kier molecular flexibility index (Phi) is 4.74. The fourth-order valence-electron chi connectivity index (χ4n) is 1.85. The first-order valence-corrected chi connectivity index (χ1v) is 7.01. The highest BCUT2D eigenvalue weighted by molar-refractivity contribution is 6.12. The number of nitrogens with zero attached hydrogens (tertiary/aromatic N) is 1. The molecule has 23 heavy (non-hydrogen) atoms. The molecule has 6 heteroatoms. The van der Waals surface area contributed by atoms with E-state index in [-0.39, 0.29) is 17.2 Å². The van der Waals surface area contributed by atoms with Crippen LogP contribution in [0.15, 0.2) is 42.6 Å². The van der Waals surface area contributed by atoms with Crippen LogP contribution >= 0.6 is 0 Å². The van der Waals surface area contributed by atoms with Crippen molar-refractivity contribution in [3.8, 4) is 0 Å². The van der Waals surface area contributed by atoms with E-state index in [2.05, 4.69) is 10.3 Å². The fourth-order valence-corrected chi connectivity index (χ4v) is 1.85. The highest BCUT2D eigenvalue weighted by Crippen LogP contribution is 2.18. The maximum Gasteiger partial charge on any atom is 0.413 e. The molecule has 0 unspecified atom stereocenters. The van der Waals surface area contributed by atoms with Crippen molar-refractivity contribution in [2.75, 3.05) is 5.32 Å². The Labute approximate surface area is 133 Å². The van der Waals surface area contributed by atoms with Gasteiger partial charge in [0.15, 0.2) is 5.78 Å². The number of amides is 1. The van der Waals surface area contributed by atoms with E-state index in [1.165, 1.54) is 36.5 Å². The van der Waals surface area contributed by atoms with Crippen LogP contribution in [0.1, 0.15) is 36.7 Å². The van der Waals surface area contributed by atoms with Gasteiger partial charge in [0.25, 0.3) is 0 Å². The monoisotopic (exact) mass is 316 g/mol. The van der Waals surface area contributed by atoms with E-state index < -0.39 is 17.5 Å². The molecule has 1 heterocycles. The highest BCUT2D eigenvalue weighted by atomic mass is 19.1. The predicted molar refractivity (Wildman–Crippen MR) is 83.9 cm³/mol. The van der Waals surface area contributed by atoms with Crippen molar-refractivity contribution >= 4 is 17.7 Å². The van der Waals surface area contributed by atoms with Crippen molar-refractivity contribution in [3.63, 3.8) is 0 Å². The summed E-state index contributed by atoms with van der Waals surface area (Å²) in [5.74, 6) is -0.708. The van der Waals surface area contributed by atoms with Crippen molar-refractivity contribution < 1.29 is 18.7 Å². The molecule has 1 amide bonds. The third kappa shape index (κ3) is 4.60. The molecular weight excluding hydrogens is 299 g/mol. The molecule has 1 aromatic heterocycles. The molecule has 120 valence electrons. The number of halogens is 1. The average molecular weight is 316 g/mol. The Balaban J connectivity index is 2.25. The van der Waals surface area contributed by atoms with E-state index in [4.69, 9.17) is 4.74 Å². The SMILES string of the molecule is CC(C)(C)OC(=O)Nc1ncccc1C(=O)c1ccc(F)cc1. The zero-order valence-corrected chi connectivity index (χ0v) is 13.1. The number of rotatable bonds is 3. The lowest BCUT2D eigenvalue weighted by atomic mass is 10.0.